The third-order valence-corrected chi connectivity index (χ3v) is 4.43. The van der Waals surface area contributed by atoms with Crippen LogP contribution in [0.4, 0.5) is 0 Å². The van der Waals surface area contributed by atoms with E-state index in [4.69, 9.17) is 0 Å². The fourth-order valence-corrected chi connectivity index (χ4v) is 3.08. The number of aryl methyl sites for hydroxylation is 1. The molecule has 1 heterocycles. The molecule has 0 fully saturated rings. The van der Waals surface area contributed by atoms with Crippen LogP contribution in [0.1, 0.15) is 55.8 Å². The third kappa shape index (κ3) is 8.92. The minimum absolute atomic E-state index is 0. The van der Waals surface area contributed by atoms with Crippen molar-refractivity contribution in [2.45, 2.75) is 59.4 Å². The van der Waals surface area contributed by atoms with Crippen molar-refractivity contribution in [3.8, 4) is 0 Å². The second-order valence-corrected chi connectivity index (χ2v) is 6.79. The van der Waals surface area contributed by atoms with Crippen LogP contribution in [-0.2, 0) is 6.54 Å². The molecule has 0 radical (unpaired) electrons. The Labute approximate surface area is 156 Å². The zero-order chi connectivity index (χ0) is 15.5. The fourth-order valence-electron chi connectivity index (χ4n) is 2.35. The van der Waals surface area contributed by atoms with Crippen molar-refractivity contribution in [2.24, 2.45) is 10.9 Å². The molecule has 0 saturated carbocycles. The van der Waals surface area contributed by atoms with Gasteiger partial charge in [0.25, 0.3) is 0 Å². The van der Waals surface area contributed by atoms with Crippen LogP contribution in [0.3, 0.4) is 0 Å². The first-order valence-corrected chi connectivity index (χ1v) is 8.87. The van der Waals surface area contributed by atoms with Crippen LogP contribution >= 0.6 is 35.3 Å². The molecule has 1 atom stereocenters. The highest BCUT2D eigenvalue weighted by molar-refractivity contribution is 14.0. The van der Waals surface area contributed by atoms with E-state index in [1.165, 1.54) is 37.0 Å². The first-order valence-electron chi connectivity index (χ1n) is 8.05. The third-order valence-electron chi connectivity index (χ3n) is 3.52. The first-order chi connectivity index (χ1) is 10.2. The molecule has 0 aromatic carbocycles. The van der Waals surface area contributed by atoms with Gasteiger partial charge in [0.1, 0.15) is 5.01 Å². The molecular formula is C16H31IN4S. The lowest BCUT2D eigenvalue weighted by molar-refractivity contribution is 0.423. The van der Waals surface area contributed by atoms with Gasteiger partial charge in [-0.3, -0.25) is 4.99 Å². The van der Waals surface area contributed by atoms with Gasteiger partial charge >= 0.3 is 0 Å². The zero-order valence-corrected chi connectivity index (χ0v) is 17.5. The molecule has 4 nitrogen and oxygen atoms in total. The lowest BCUT2D eigenvalue weighted by Gasteiger charge is -2.18. The van der Waals surface area contributed by atoms with Gasteiger partial charge in [-0.15, -0.1) is 35.3 Å². The monoisotopic (exact) mass is 438 g/mol. The molecule has 6 heteroatoms. The summed E-state index contributed by atoms with van der Waals surface area (Å²) in [7, 11) is 1.82. The summed E-state index contributed by atoms with van der Waals surface area (Å²) in [5.74, 6) is 1.62. The number of aromatic nitrogens is 1. The van der Waals surface area contributed by atoms with Crippen LogP contribution in [0, 0.1) is 12.8 Å². The van der Waals surface area contributed by atoms with Gasteiger partial charge in [-0.2, -0.15) is 0 Å². The molecule has 1 unspecified atom stereocenters. The molecule has 0 bridgehead atoms. The first kappa shape index (κ1) is 21.6. The number of thiazole rings is 1. The molecule has 1 rings (SSSR count). The maximum absolute atomic E-state index is 4.36. The van der Waals surface area contributed by atoms with Crippen LogP contribution in [-0.4, -0.2) is 24.5 Å². The van der Waals surface area contributed by atoms with Crippen molar-refractivity contribution in [2.75, 3.05) is 13.6 Å². The topological polar surface area (TPSA) is 49.3 Å². The second-order valence-electron chi connectivity index (χ2n) is 5.47. The molecule has 128 valence electrons. The molecule has 0 aliphatic rings. The van der Waals surface area contributed by atoms with Crippen molar-refractivity contribution in [1.82, 2.24) is 15.6 Å². The van der Waals surface area contributed by atoms with Gasteiger partial charge in [0.2, 0.25) is 0 Å². The van der Waals surface area contributed by atoms with E-state index in [0.29, 0.717) is 0 Å². The van der Waals surface area contributed by atoms with E-state index in [1.54, 1.807) is 11.3 Å². The van der Waals surface area contributed by atoms with Gasteiger partial charge in [-0.1, -0.05) is 33.1 Å². The number of nitrogens with zero attached hydrogens (tertiary/aromatic N) is 2. The highest BCUT2D eigenvalue weighted by Crippen LogP contribution is 2.14. The van der Waals surface area contributed by atoms with E-state index in [2.05, 4.69) is 41.4 Å². The van der Waals surface area contributed by atoms with Gasteiger partial charge in [0.05, 0.1) is 6.54 Å². The number of rotatable bonds is 9. The Hall–Kier alpha value is -0.370. The van der Waals surface area contributed by atoms with Crippen molar-refractivity contribution < 1.29 is 0 Å². The fraction of sp³-hybridized carbons (Fsp3) is 0.750. The van der Waals surface area contributed by atoms with E-state index in [9.17, 15) is 0 Å². The van der Waals surface area contributed by atoms with Gasteiger partial charge in [-0.25, -0.2) is 4.98 Å². The normalized spacial score (nSPS) is 12.6. The number of hydrogen-bond acceptors (Lipinski definition) is 3. The summed E-state index contributed by atoms with van der Waals surface area (Å²) in [5, 5.41) is 7.90. The zero-order valence-electron chi connectivity index (χ0n) is 14.3. The van der Waals surface area contributed by atoms with Crippen LogP contribution in [0.5, 0.6) is 0 Å². The average molecular weight is 438 g/mol. The molecule has 1 aromatic heterocycles. The van der Waals surface area contributed by atoms with Gasteiger partial charge in [0, 0.05) is 24.7 Å². The Morgan fingerprint density at radius 3 is 2.59 bits per heavy atom. The van der Waals surface area contributed by atoms with Crippen molar-refractivity contribution in [3.05, 3.63) is 16.1 Å². The Balaban J connectivity index is 0.00000441. The smallest absolute Gasteiger partial charge is 0.191 e. The Bertz CT molecular complexity index is 420. The van der Waals surface area contributed by atoms with Crippen LogP contribution in [0.25, 0.3) is 0 Å². The minimum atomic E-state index is 0. The lowest BCUT2D eigenvalue weighted by atomic mass is 9.97. The summed E-state index contributed by atoms with van der Waals surface area (Å²) in [6.45, 7) is 8.34. The molecule has 22 heavy (non-hydrogen) atoms. The Morgan fingerprint density at radius 1 is 1.27 bits per heavy atom. The predicted octanol–water partition coefficient (Wildman–Crippen LogP) is 4.34. The maximum atomic E-state index is 4.36. The maximum Gasteiger partial charge on any atom is 0.191 e. The molecule has 0 saturated heterocycles. The van der Waals surface area contributed by atoms with Crippen LogP contribution < -0.4 is 10.6 Å². The van der Waals surface area contributed by atoms with Crippen molar-refractivity contribution >= 4 is 41.3 Å². The predicted molar refractivity (Wildman–Crippen MR) is 108 cm³/mol. The molecule has 0 aliphatic carbocycles. The summed E-state index contributed by atoms with van der Waals surface area (Å²) in [6.07, 6.45) is 8.35. The molecule has 0 aliphatic heterocycles. The quantitative estimate of drug-likeness (QED) is 0.343. The lowest BCUT2D eigenvalue weighted by Crippen LogP contribution is -2.39. The van der Waals surface area contributed by atoms with Gasteiger partial charge < -0.3 is 10.6 Å². The largest absolute Gasteiger partial charge is 0.356 e. The minimum Gasteiger partial charge on any atom is -0.356 e. The second kappa shape index (κ2) is 13.1. The summed E-state index contributed by atoms with van der Waals surface area (Å²) in [4.78, 5) is 9.90. The van der Waals surface area contributed by atoms with E-state index in [-0.39, 0.29) is 24.0 Å². The summed E-state index contributed by atoms with van der Waals surface area (Å²) in [6, 6.07) is 0. The number of nitrogens with one attached hydrogen (secondary N) is 2. The van der Waals surface area contributed by atoms with Gasteiger partial charge in [-0.05, 0) is 25.7 Å². The van der Waals surface area contributed by atoms with Crippen molar-refractivity contribution in [1.29, 1.82) is 0 Å². The summed E-state index contributed by atoms with van der Waals surface area (Å²) < 4.78 is 0. The average Bonchev–Trinajstić information content (AvgIpc) is 2.90. The highest BCUT2D eigenvalue weighted by Gasteiger charge is 2.08. The number of hydrogen-bond donors (Lipinski definition) is 2. The van der Waals surface area contributed by atoms with E-state index in [0.717, 1.165) is 30.0 Å². The van der Waals surface area contributed by atoms with Gasteiger partial charge in [0.15, 0.2) is 5.96 Å². The number of aliphatic imine (C=N–C) groups is 1. The highest BCUT2D eigenvalue weighted by atomic mass is 127. The Morgan fingerprint density at radius 2 is 2.05 bits per heavy atom. The molecule has 1 aromatic rings. The van der Waals surface area contributed by atoms with Crippen LogP contribution in [0.15, 0.2) is 11.2 Å². The van der Waals surface area contributed by atoms with E-state index in [1.807, 2.05) is 13.2 Å². The van der Waals surface area contributed by atoms with E-state index < -0.39 is 0 Å². The number of halogens is 1. The molecule has 0 amide bonds. The van der Waals surface area contributed by atoms with E-state index >= 15 is 0 Å². The van der Waals surface area contributed by atoms with Crippen molar-refractivity contribution in [3.63, 3.8) is 0 Å². The molecule has 0 spiro atoms. The summed E-state index contributed by atoms with van der Waals surface area (Å²) >= 11 is 1.73. The number of guanidine groups is 1. The number of unbranched alkanes of at least 4 members (excludes halogenated alkanes) is 1. The van der Waals surface area contributed by atoms with Crippen LogP contribution in [0.2, 0.25) is 0 Å². The SMILES string of the molecule is CCCCC(CCC)CNC(=NC)NCc1ncc(C)s1.I. The molecule has 2 N–H and O–H groups in total. The molecular weight excluding hydrogens is 407 g/mol. The summed E-state index contributed by atoms with van der Waals surface area (Å²) in [5.41, 5.74) is 0. The standard InChI is InChI=1S/C16H30N4S.HI/c1-5-7-9-14(8-6-2)11-19-16(17-4)20-12-15-18-10-13(3)21-15;/h10,14H,5-9,11-12H2,1-4H3,(H2,17,19,20);1H. The Kier molecular flexibility index (Phi) is 12.9.